The smallest absolute Gasteiger partial charge is 0.243 e. The standard InChI is InChI=1S/C16H27IN4O5/c1-4-8(2)14(17)16(26)20-10(5-6-12(18)23)15(25)21-11(9(3)22)7-13(19)24/h8,10-11,14H,4-7H2,1-3H3,(H2,18,23)(H2,19,24)(H,20,26)(H,21,25)/t8-,10-,11-,14-/m0/s1. The molecule has 6 N–H and O–H groups in total. The highest BCUT2D eigenvalue weighted by Gasteiger charge is 2.29. The Morgan fingerprint density at radius 1 is 0.962 bits per heavy atom. The number of alkyl halides is 1. The summed E-state index contributed by atoms with van der Waals surface area (Å²) in [6, 6.07) is -2.14. The number of halogens is 1. The topological polar surface area (TPSA) is 161 Å². The van der Waals surface area contributed by atoms with Gasteiger partial charge < -0.3 is 22.1 Å². The van der Waals surface area contributed by atoms with Crippen LogP contribution in [0.2, 0.25) is 0 Å². The average molecular weight is 482 g/mol. The van der Waals surface area contributed by atoms with Crippen LogP contribution >= 0.6 is 22.6 Å². The quantitative estimate of drug-likeness (QED) is 0.218. The van der Waals surface area contributed by atoms with E-state index in [9.17, 15) is 24.0 Å². The third kappa shape index (κ3) is 9.11. The average Bonchev–Trinajstić information content (AvgIpc) is 2.55. The molecule has 0 fully saturated rings. The molecule has 148 valence electrons. The first kappa shape index (κ1) is 24.3. The van der Waals surface area contributed by atoms with Crippen molar-refractivity contribution in [3.05, 3.63) is 0 Å². The van der Waals surface area contributed by atoms with Crippen LogP contribution in [0.15, 0.2) is 0 Å². The molecule has 0 unspecified atom stereocenters. The van der Waals surface area contributed by atoms with Gasteiger partial charge in [0, 0.05) is 6.42 Å². The summed E-state index contributed by atoms with van der Waals surface area (Å²) in [6.45, 7) is 5.07. The minimum atomic E-state index is -1.09. The summed E-state index contributed by atoms with van der Waals surface area (Å²) >= 11 is 1.99. The highest BCUT2D eigenvalue weighted by atomic mass is 127. The van der Waals surface area contributed by atoms with Crippen molar-refractivity contribution in [2.45, 2.75) is 62.5 Å². The van der Waals surface area contributed by atoms with Crippen LogP contribution in [0.5, 0.6) is 0 Å². The van der Waals surface area contributed by atoms with Crippen molar-refractivity contribution in [2.24, 2.45) is 17.4 Å². The molecule has 0 aromatic heterocycles. The highest BCUT2D eigenvalue weighted by molar-refractivity contribution is 14.1. The second-order valence-electron chi connectivity index (χ2n) is 6.20. The van der Waals surface area contributed by atoms with Crippen molar-refractivity contribution in [2.75, 3.05) is 0 Å². The van der Waals surface area contributed by atoms with Gasteiger partial charge in [0.2, 0.25) is 23.6 Å². The molecule has 0 bridgehead atoms. The van der Waals surface area contributed by atoms with E-state index in [4.69, 9.17) is 11.5 Å². The van der Waals surface area contributed by atoms with Gasteiger partial charge in [-0.25, -0.2) is 0 Å². The summed E-state index contributed by atoms with van der Waals surface area (Å²) in [5.41, 5.74) is 10.2. The Kier molecular flexibility index (Phi) is 11.0. The predicted molar refractivity (Wildman–Crippen MR) is 104 cm³/mol. The molecule has 4 amide bonds. The molecule has 0 aromatic rings. The molecule has 0 rings (SSSR count). The molecular formula is C16H27IN4O5. The van der Waals surface area contributed by atoms with E-state index in [-0.39, 0.29) is 35.0 Å². The van der Waals surface area contributed by atoms with E-state index in [0.717, 1.165) is 6.42 Å². The number of amides is 4. The molecule has 0 saturated heterocycles. The SMILES string of the molecule is CC[C@H](C)[C@H](I)C(=O)N[C@@H](CCC(N)=O)C(=O)N[C@@H](CC(N)=O)C(C)=O. The van der Waals surface area contributed by atoms with Crippen LogP contribution in [0, 0.1) is 5.92 Å². The zero-order valence-corrected chi connectivity index (χ0v) is 17.4. The van der Waals surface area contributed by atoms with E-state index in [1.807, 2.05) is 36.4 Å². The minimum Gasteiger partial charge on any atom is -0.370 e. The van der Waals surface area contributed by atoms with Crippen molar-refractivity contribution in [3.8, 4) is 0 Å². The monoisotopic (exact) mass is 482 g/mol. The largest absolute Gasteiger partial charge is 0.370 e. The first-order valence-corrected chi connectivity index (χ1v) is 9.55. The summed E-state index contributed by atoms with van der Waals surface area (Å²) in [6.07, 6.45) is 0.301. The van der Waals surface area contributed by atoms with Gasteiger partial charge in [-0.15, -0.1) is 0 Å². The van der Waals surface area contributed by atoms with Gasteiger partial charge in [0.25, 0.3) is 0 Å². The molecule has 0 aromatic carbocycles. The van der Waals surface area contributed by atoms with E-state index < -0.39 is 35.6 Å². The van der Waals surface area contributed by atoms with E-state index in [0.29, 0.717) is 0 Å². The molecule has 9 nitrogen and oxygen atoms in total. The van der Waals surface area contributed by atoms with Crippen molar-refractivity contribution < 1.29 is 24.0 Å². The van der Waals surface area contributed by atoms with E-state index in [1.54, 1.807) is 0 Å². The Balaban J connectivity index is 5.17. The van der Waals surface area contributed by atoms with Crippen molar-refractivity contribution >= 4 is 52.0 Å². The van der Waals surface area contributed by atoms with Gasteiger partial charge in [0.15, 0.2) is 5.78 Å². The van der Waals surface area contributed by atoms with Gasteiger partial charge in [-0.05, 0) is 19.3 Å². The minimum absolute atomic E-state index is 0.0159. The summed E-state index contributed by atoms with van der Waals surface area (Å²) < 4.78 is -0.365. The van der Waals surface area contributed by atoms with Gasteiger partial charge in [-0.1, -0.05) is 42.9 Å². The highest BCUT2D eigenvalue weighted by Crippen LogP contribution is 2.17. The van der Waals surface area contributed by atoms with Crippen molar-refractivity contribution in [1.82, 2.24) is 10.6 Å². The van der Waals surface area contributed by atoms with Crippen LogP contribution in [0.4, 0.5) is 0 Å². The zero-order valence-electron chi connectivity index (χ0n) is 15.2. The molecule has 10 heteroatoms. The molecule has 0 radical (unpaired) electrons. The molecule has 0 aliphatic carbocycles. The number of nitrogens with one attached hydrogen (secondary N) is 2. The van der Waals surface area contributed by atoms with Crippen LogP contribution in [0.3, 0.4) is 0 Å². The molecule has 26 heavy (non-hydrogen) atoms. The van der Waals surface area contributed by atoms with Gasteiger partial charge in [0.1, 0.15) is 6.04 Å². The molecule has 0 spiro atoms. The molecule has 0 aliphatic heterocycles. The maximum Gasteiger partial charge on any atom is 0.243 e. The predicted octanol–water partition coefficient (Wildman–Crippen LogP) is -0.464. The Labute approximate surface area is 166 Å². The number of carbonyl (C=O) groups excluding carboxylic acids is 5. The summed E-state index contributed by atoms with van der Waals surface area (Å²) in [4.78, 5) is 58.5. The maximum atomic E-state index is 12.5. The second-order valence-corrected chi connectivity index (χ2v) is 7.54. The van der Waals surface area contributed by atoms with E-state index >= 15 is 0 Å². The third-order valence-corrected chi connectivity index (χ3v) is 5.71. The van der Waals surface area contributed by atoms with Crippen molar-refractivity contribution in [3.63, 3.8) is 0 Å². The zero-order chi connectivity index (χ0) is 20.4. The van der Waals surface area contributed by atoms with Crippen LogP contribution in [-0.4, -0.2) is 45.4 Å². The van der Waals surface area contributed by atoms with Gasteiger partial charge in [-0.2, -0.15) is 0 Å². The second kappa shape index (κ2) is 11.8. The number of ketones is 1. The lowest BCUT2D eigenvalue weighted by molar-refractivity contribution is -0.132. The first-order chi connectivity index (χ1) is 12.0. The molecule has 4 atom stereocenters. The van der Waals surface area contributed by atoms with Crippen molar-refractivity contribution in [1.29, 1.82) is 0 Å². The summed E-state index contributed by atoms with van der Waals surface area (Å²) in [5, 5.41) is 4.99. The molecule has 0 aliphatic rings. The van der Waals surface area contributed by atoms with E-state index in [2.05, 4.69) is 10.6 Å². The summed E-state index contributed by atoms with van der Waals surface area (Å²) in [5.74, 6) is -2.73. The fourth-order valence-corrected chi connectivity index (χ4v) is 2.73. The van der Waals surface area contributed by atoms with Crippen LogP contribution in [-0.2, 0) is 24.0 Å². The number of hydrogen-bond acceptors (Lipinski definition) is 5. The van der Waals surface area contributed by atoms with Gasteiger partial charge in [0.05, 0.1) is 16.4 Å². The Bertz CT molecular complexity index is 555. The lowest BCUT2D eigenvalue weighted by Crippen LogP contribution is -2.53. The molecular weight excluding hydrogens is 455 g/mol. The lowest BCUT2D eigenvalue weighted by Gasteiger charge is -2.24. The Hall–Kier alpha value is -1.72. The van der Waals surface area contributed by atoms with Crippen LogP contribution < -0.4 is 22.1 Å². The van der Waals surface area contributed by atoms with E-state index in [1.165, 1.54) is 6.92 Å². The number of rotatable bonds is 12. The third-order valence-electron chi connectivity index (χ3n) is 3.92. The Morgan fingerprint density at radius 2 is 1.50 bits per heavy atom. The number of nitrogens with two attached hydrogens (primary N) is 2. The number of carbonyl (C=O) groups is 5. The normalized spacial score (nSPS) is 15.2. The number of hydrogen-bond donors (Lipinski definition) is 4. The van der Waals surface area contributed by atoms with Crippen LogP contribution in [0.25, 0.3) is 0 Å². The fourth-order valence-electron chi connectivity index (χ4n) is 2.04. The van der Waals surface area contributed by atoms with Gasteiger partial charge >= 0.3 is 0 Å². The number of primary amides is 2. The molecule has 0 saturated carbocycles. The fraction of sp³-hybridized carbons (Fsp3) is 0.688. The molecule has 0 heterocycles. The van der Waals surface area contributed by atoms with Gasteiger partial charge in [-0.3, -0.25) is 24.0 Å². The Morgan fingerprint density at radius 3 is 1.92 bits per heavy atom. The number of Topliss-reactive ketones (excluding diaryl/α,β-unsaturated/α-hetero) is 1. The first-order valence-electron chi connectivity index (χ1n) is 8.31. The lowest BCUT2D eigenvalue weighted by atomic mass is 10.0. The van der Waals surface area contributed by atoms with Crippen LogP contribution in [0.1, 0.15) is 46.5 Å². The maximum absolute atomic E-state index is 12.5. The summed E-state index contributed by atoms with van der Waals surface area (Å²) in [7, 11) is 0.